The van der Waals surface area contributed by atoms with Crippen LogP contribution in [0.1, 0.15) is 15.9 Å². The van der Waals surface area contributed by atoms with Crippen LogP contribution in [-0.2, 0) is 4.74 Å². The van der Waals surface area contributed by atoms with Crippen molar-refractivity contribution in [2.24, 2.45) is 0 Å². The van der Waals surface area contributed by atoms with Gasteiger partial charge in [-0.25, -0.2) is 14.8 Å². The molecule has 0 saturated carbocycles. The number of nitrogen functional groups attached to an aromatic ring is 1. The molecule has 0 aliphatic heterocycles. The second-order valence-corrected chi connectivity index (χ2v) is 7.20. The number of hydrogen-bond donors (Lipinski definition) is 2. The molecule has 0 spiro atoms. The molecular formula is C20H17N5O3S. The summed E-state index contributed by atoms with van der Waals surface area (Å²) >= 11 is 1.51. The number of rotatable bonds is 5. The Balaban J connectivity index is 1.55. The first-order valence-electron chi connectivity index (χ1n) is 8.64. The van der Waals surface area contributed by atoms with Gasteiger partial charge in [0.05, 0.1) is 22.9 Å². The first-order chi connectivity index (χ1) is 14.0. The second kappa shape index (κ2) is 7.72. The number of carbonyl (C=O) groups is 1. The van der Waals surface area contributed by atoms with Gasteiger partial charge in [0.25, 0.3) is 0 Å². The number of esters is 1. The Labute approximate surface area is 170 Å². The molecule has 0 amide bonds. The molecule has 8 nitrogen and oxygen atoms in total. The van der Waals surface area contributed by atoms with E-state index in [-0.39, 0.29) is 11.6 Å². The number of benzene rings is 2. The molecule has 146 valence electrons. The summed E-state index contributed by atoms with van der Waals surface area (Å²) in [6.07, 6.45) is 1.36. The number of aryl methyl sites for hydroxylation is 1. The van der Waals surface area contributed by atoms with Crippen LogP contribution in [0.3, 0.4) is 0 Å². The number of nitrogens with zero attached hydrogens (tertiary/aromatic N) is 3. The Morgan fingerprint density at radius 2 is 1.93 bits per heavy atom. The van der Waals surface area contributed by atoms with Crippen LogP contribution in [0.25, 0.3) is 10.2 Å². The smallest absolute Gasteiger partial charge is 0.337 e. The molecule has 2 aromatic carbocycles. The molecule has 9 heteroatoms. The molecule has 4 aromatic rings. The van der Waals surface area contributed by atoms with Crippen LogP contribution < -0.4 is 15.8 Å². The van der Waals surface area contributed by atoms with Crippen molar-refractivity contribution in [1.29, 1.82) is 0 Å². The number of hydrogen-bond acceptors (Lipinski definition) is 9. The molecule has 4 rings (SSSR count). The number of thiazole rings is 1. The van der Waals surface area contributed by atoms with Crippen molar-refractivity contribution in [2.45, 2.75) is 6.92 Å². The number of nitrogens with one attached hydrogen (secondary N) is 1. The van der Waals surface area contributed by atoms with Gasteiger partial charge < -0.3 is 20.5 Å². The maximum absolute atomic E-state index is 11.5. The first kappa shape index (κ1) is 18.6. The zero-order valence-corrected chi connectivity index (χ0v) is 16.5. The number of nitrogens with two attached hydrogens (primary N) is 1. The average Bonchev–Trinajstić information content (AvgIpc) is 3.12. The van der Waals surface area contributed by atoms with E-state index in [1.54, 1.807) is 24.3 Å². The van der Waals surface area contributed by atoms with Gasteiger partial charge in [-0.05, 0) is 48.9 Å². The minimum absolute atomic E-state index is 0.199. The molecule has 0 saturated heterocycles. The van der Waals surface area contributed by atoms with Crippen molar-refractivity contribution in [3.05, 3.63) is 59.9 Å². The van der Waals surface area contributed by atoms with Crippen LogP contribution in [0.15, 0.2) is 48.8 Å². The molecule has 29 heavy (non-hydrogen) atoms. The van der Waals surface area contributed by atoms with Crippen LogP contribution in [0.2, 0.25) is 0 Å². The Morgan fingerprint density at radius 3 is 2.69 bits per heavy atom. The lowest BCUT2D eigenvalue weighted by molar-refractivity contribution is 0.0600. The summed E-state index contributed by atoms with van der Waals surface area (Å²) in [7, 11) is 1.33. The predicted octanol–water partition coefficient (Wildman–Crippen LogP) is 4.30. The Morgan fingerprint density at radius 1 is 1.14 bits per heavy atom. The summed E-state index contributed by atoms with van der Waals surface area (Å²) in [5.41, 5.74) is 8.93. The SMILES string of the molecule is COC(=O)c1ccc(Oc2ncnc(Nc3nc4ccc(C)cc4s3)c2N)cc1. The maximum atomic E-state index is 11.5. The fraction of sp³-hybridized carbons (Fsp3) is 0.100. The number of ether oxygens (including phenoxy) is 2. The van der Waals surface area contributed by atoms with Crippen molar-refractivity contribution in [2.75, 3.05) is 18.2 Å². The normalized spacial score (nSPS) is 10.7. The van der Waals surface area contributed by atoms with Crippen molar-refractivity contribution in [3.63, 3.8) is 0 Å². The zero-order valence-electron chi connectivity index (χ0n) is 15.7. The van der Waals surface area contributed by atoms with Gasteiger partial charge in [0, 0.05) is 0 Å². The molecule has 0 aliphatic rings. The van der Waals surface area contributed by atoms with Gasteiger partial charge in [0.2, 0.25) is 5.88 Å². The highest BCUT2D eigenvalue weighted by molar-refractivity contribution is 7.22. The summed E-state index contributed by atoms with van der Waals surface area (Å²) in [5.74, 6) is 0.655. The monoisotopic (exact) mass is 407 g/mol. The molecule has 0 radical (unpaired) electrons. The lowest BCUT2D eigenvalue weighted by Gasteiger charge is -2.10. The number of fused-ring (bicyclic) bond motifs is 1. The highest BCUT2D eigenvalue weighted by atomic mass is 32.1. The minimum atomic E-state index is -0.421. The minimum Gasteiger partial charge on any atom is -0.465 e. The summed E-state index contributed by atoms with van der Waals surface area (Å²) in [4.78, 5) is 24.4. The number of methoxy groups -OCH3 is 1. The summed E-state index contributed by atoms with van der Waals surface area (Å²) < 4.78 is 11.5. The standard InChI is InChI=1S/C20H17N5O3S/c1-11-3-8-14-15(9-11)29-20(24-14)25-17-16(21)18(23-10-22-17)28-13-6-4-12(5-7-13)19(26)27-2/h3-10H,21H2,1-2H3,(H,22,23,24,25). The molecule has 2 heterocycles. The number of aromatic nitrogens is 3. The highest BCUT2D eigenvalue weighted by Crippen LogP contribution is 2.33. The topological polar surface area (TPSA) is 112 Å². The van der Waals surface area contributed by atoms with Crippen molar-refractivity contribution in [1.82, 2.24) is 15.0 Å². The van der Waals surface area contributed by atoms with Gasteiger partial charge in [-0.15, -0.1) is 0 Å². The molecular weight excluding hydrogens is 390 g/mol. The van der Waals surface area contributed by atoms with E-state index < -0.39 is 5.97 Å². The van der Waals surface area contributed by atoms with Gasteiger partial charge in [-0.2, -0.15) is 4.98 Å². The van der Waals surface area contributed by atoms with Crippen LogP contribution in [0, 0.1) is 6.92 Å². The first-order valence-corrected chi connectivity index (χ1v) is 9.46. The van der Waals surface area contributed by atoms with E-state index in [1.165, 1.54) is 30.3 Å². The van der Waals surface area contributed by atoms with Gasteiger partial charge in [0.15, 0.2) is 10.9 Å². The maximum Gasteiger partial charge on any atom is 0.337 e. The van der Waals surface area contributed by atoms with E-state index in [0.717, 1.165) is 10.2 Å². The fourth-order valence-corrected chi connectivity index (χ4v) is 3.60. The number of carbonyl (C=O) groups excluding carboxylic acids is 1. The predicted molar refractivity (Wildman–Crippen MR) is 112 cm³/mol. The second-order valence-electron chi connectivity index (χ2n) is 6.17. The van der Waals surface area contributed by atoms with Crippen molar-refractivity contribution < 1.29 is 14.3 Å². The van der Waals surface area contributed by atoms with E-state index in [4.69, 9.17) is 10.5 Å². The molecule has 0 fully saturated rings. The third-order valence-electron chi connectivity index (χ3n) is 4.11. The van der Waals surface area contributed by atoms with Crippen LogP contribution >= 0.6 is 11.3 Å². The van der Waals surface area contributed by atoms with E-state index in [9.17, 15) is 4.79 Å². The zero-order chi connectivity index (χ0) is 20.4. The molecule has 0 atom stereocenters. The highest BCUT2D eigenvalue weighted by Gasteiger charge is 2.13. The fourth-order valence-electron chi connectivity index (χ4n) is 2.64. The van der Waals surface area contributed by atoms with E-state index in [0.29, 0.717) is 22.3 Å². The largest absolute Gasteiger partial charge is 0.465 e. The summed E-state index contributed by atoms with van der Waals surface area (Å²) in [5, 5.41) is 3.80. The van der Waals surface area contributed by atoms with Gasteiger partial charge >= 0.3 is 5.97 Å². The lowest BCUT2D eigenvalue weighted by atomic mass is 10.2. The molecule has 0 unspecified atom stereocenters. The molecule has 0 aliphatic carbocycles. The molecule has 2 aromatic heterocycles. The quantitative estimate of drug-likeness (QED) is 0.471. The summed E-state index contributed by atoms with van der Waals surface area (Å²) in [6, 6.07) is 12.5. The third kappa shape index (κ3) is 3.94. The van der Waals surface area contributed by atoms with Gasteiger partial charge in [-0.3, -0.25) is 0 Å². The van der Waals surface area contributed by atoms with Gasteiger partial charge in [0.1, 0.15) is 17.8 Å². The third-order valence-corrected chi connectivity index (χ3v) is 5.04. The van der Waals surface area contributed by atoms with Crippen molar-refractivity contribution in [3.8, 4) is 11.6 Å². The number of anilines is 3. The van der Waals surface area contributed by atoms with Crippen molar-refractivity contribution >= 4 is 44.2 Å². The van der Waals surface area contributed by atoms with Crippen LogP contribution in [0.5, 0.6) is 11.6 Å². The molecule has 3 N–H and O–H groups in total. The van der Waals surface area contributed by atoms with E-state index in [1.807, 2.05) is 19.1 Å². The average molecular weight is 407 g/mol. The van der Waals surface area contributed by atoms with E-state index >= 15 is 0 Å². The Kier molecular flexibility index (Phi) is 4.96. The van der Waals surface area contributed by atoms with E-state index in [2.05, 4.69) is 31.1 Å². The lowest BCUT2D eigenvalue weighted by Crippen LogP contribution is -2.03. The van der Waals surface area contributed by atoms with Crippen LogP contribution in [0.4, 0.5) is 16.6 Å². The molecule has 0 bridgehead atoms. The Bertz CT molecular complexity index is 1190. The van der Waals surface area contributed by atoms with Crippen LogP contribution in [-0.4, -0.2) is 28.0 Å². The summed E-state index contributed by atoms with van der Waals surface area (Å²) in [6.45, 7) is 2.04. The van der Waals surface area contributed by atoms with Gasteiger partial charge in [-0.1, -0.05) is 17.4 Å². The Hall–Kier alpha value is -3.72.